The van der Waals surface area contributed by atoms with Gasteiger partial charge in [-0.25, -0.2) is 9.97 Å². The van der Waals surface area contributed by atoms with Crippen LogP contribution in [0.4, 0.5) is 0 Å². The number of benzene rings is 10. The van der Waals surface area contributed by atoms with E-state index in [9.17, 15) is 0 Å². The van der Waals surface area contributed by atoms with Crippen LogP contribution in [0.15, 0.2) is 223 Å². The third-order valence-corrected chi connectivity index (χ3v) is 12.1. The van der Waals surface area contributed by atoms with E-state index in [2.05, 4.69) is 182 Å². The lowest BCUT2D eigenvalue weighted by Crippen LogP contribution is -1.98. The van der Waals surface area contributed by atoms with Gasteiger partial charge >= 0.3 is 0 Å². The van der Waals surface area contributed by atoms with Gasteiger partial charge in [0.05, 0.1) is 11.4 Å². The lowest BCUT2D eigenvalue weighted by Gasteiger charge is -2.21. The first-order valence-corrected chi connectivity index (χ1v) is 20.7. The molecule has 0 aliphatic heterocycles. The number of furan rings is 1. The molecule has 0 saturated heterocycles. The second kappa shape index (κ2) is 14.3. The van der Waals surface area contributed by atoms with Gasteiger partial charge in [-0.1, -0.05) is 200 Å². The molecule has 0 atom stereocenters. The van der Waals surface area contributed by atoms with Crippen LogP contribution in [0.5, 0.6) is 0 Å². The van der Waals surface area contributed by atoms with E-state index in [1.54, 1.807) is 0 Å². The normalized spacial score (nSPS) is 11.6. The van der Waals surface area contributed by atoms with Crippen molar-refractivity contribution in [2.75, 3.05) is 0 Å². The quantitative estimate of drug-likeness (QED) is 0.125. The molecule has 10 aromatic carbocycles. The highest BCUT2D eigenvalue weighted by Crippen LogP contribution is 2.48. The molecule has 0 radical (unpaired) electrons. The fourth-order valence-corrected chi connectivity index (χ4v) is 9.36. The minimum absolute atomic E-state index is 0.668. The summed E-state index contributed by atoms with van der Waals surface area (Å²) in [6.45, 7) is 0. The molecule has 0 fully saturated rings. The van der Waals surface area contributed by atoms with E-state index in [0.29, 0.717) is 5.82 Å². The van der Waals surface area contributed by atoms with Gasteiger partial charge in [0.25, 0.3) is 0 Å². The molecule has 0 aliphatic carbocycles. The van der Waals surface area contributed by atoms with Crippen LogP contribution in [0.1, 0.15) is 0 Å². The third-order valence-electron chi connectivity index (χ3n) is 12.1. The second-order valence-corrected chi connectivity index (χ2v) is 15.6. The fraction of sp³-hybridized carbons (Fsp3) is 0. The van der Waals surface area contributed by atoms with E-state index in [4.69, 9.17) is 14.4 Å². The molecule has 0 spiro atoms. The van der Waals surface area contributed by atoms with Crippen molar-refractivity contribution in [1.29, 1.82) is 0 Å². The first-order valence-electron chi connectivity index (χ1n) is 20.7. The van der Waals surface area contributed by atoms with Gasteiger partial charge in [0.2, 0.25) is 0 Å². The Bertz CT molecular complexity index is 3610. The average molecular weight is 777 g/mol. The maximum Gasteiger partial charge on any atom is 0.160 e. The summed E-state index contributed by atoms with van der Waals surface area (Å²) in [6, 6.07) is 77.5. The van der Waals surface area contributed by atoms with Crippen molar-refractivity contribution >= 4 is 54.1 Å². The van der Waals surface area contributed by atoms with Crippen LogP contribution in [0.2, 0.25) is 0 Å². The Balaban J connectivity index is 1.12. The number of fused-ring (bicyclic) bond motifs is 6. The molecule has 3 nitrogen and oxygen atoms in total. The van der Waals surface area contributed by atoms with Crippen LogP contribution in [0.3, 0.4) is 0 Å². The zero-order valence-corrected chi connectivity index (χ0v) is 33.1. The van der Waals surface area contributed by atoms with Crippen molar-refractivity contribution in [3.8, 4) is 67.5 Å². The molecule has 0 amide bonds. The summed E-state index contributed by atoms with van der Waals surface area (Å²) in [4.78, 5) is 10.6. The number of hydrogen-bond donors (Lipinski definition) is 0. The van der Waals surface area contributed by atoms with Crippen molar-refractivity contribution in [3.63, 3.8) is 0 Å². The van der Waals surface area contributed by atoms with Gasteiger partial charge in [-0.3, -0.25) is 0 Å². The summed E-state index contributed by atoms with van der Waals surface area (Å²) in [7, 11) is 0. The van der Waals surface area contributed by atoms with Crippen LogP contribution < -0.4 is 0 Å². The fourth-order valence-electron chi connectivity index (χ4n) is 9.36. The van der Waals surface area contributed by atoms with Gasteiger partial charge in [-0.15, -0.1) is 0 Å². The molecule has 2 heterocycles. The molecule has 0 unspecified atom stereocenters. The average Bonchev–Trinajstić information content (AvgIpc) is 3.78. The Morgan fingerprint density at radius 3 is 1.59 bits per heavy atom. The molecular weight excluding hydrogens is 741 g/mol. The highest BCUT2D eigenvalue weighted by atomic mass is 16.3. The lowest BCUT2D eigenvalue weighted by atomic mass is 9.82. The predicted molar refractivity (Wildman–Crippen MR) is 254 cm³/mol. The standard InChI is InChI=1S/C58H36N2O/c1-3-18-38(19-4-1)55-47-28-14-15-29-48(47)56(50-32-31-37-17-7-9-23-41(37)57(50)55)49-34-33-45(42-24-10-11-25-43(42)49)52-36-51(59-58(60-52)39-20-5-2-6-21-39)44-26-12-13-27-46(44)54-35-40-22-8-16-30-53(40)61-54/h1-36H. The number of aromatic nitrogens is 2. The topological polar surface area (TPSA) is 38.9 Å². The summed E-state index contributed by atoms with van der Waals surface area (Å²) in [5, 5.41) is 10.8. The summed E-state index contributed by atoms with van der Waals surface area (Å²) < 4.78 is 6.43. The minimum atomic E-state index is 0.668. The maximum absolute atomic E-state index is 6.43. The number of hydrogen-bond acceptors (Lipinski definition) is 3. The van der Waals surface area contributed by atoms with E-state index in [-0.39, 0.29) is 0 Å². The Morgan fingerprint density at radius 1 is 0.311 bits per heavy atom. The summed E-state index contributed by atoms with van der Waals surface area (Å²) in [5.74, 6) is 1.47. The van der Waals surface area contributed by atoms with Crippen molar-refractivity contribution < 1.29 is 4.42 Å². The Kier molecular flexibility index (Phi) is 8.17. The number of rotatable bonds is 6. The van der Waals surface area contributed by atoms with Gasteiger partial charge in [-0.2, -0.15) is 0 Å². The lowest BCUT2D eigenvalue weighted by molar-refractivity contribution is 0.632. The monoisotopic (exact) mass is 776 g/mol. The summed E-state index contributed by atoms with van der Waals surface area (Å²) >= 11 is 0. The molecule has 284 valence electrons. The summed E-state index contributed by atoms with van der Waals surface area (Å²) in [6.07, 6.45) is 0. The van der Waals surface area contributed by atoms with Crippen LogP contribution in [-0.4, -0.2) is 9.97 Å². The van der Waals surface area contributed by atoms with Gasteiger partial charge in [0.1, 0.15) is 11.3 Å². The number of nitrogens with zero attached hydrogens (tertiary/aromatic N) is 2. The van der Waals surface area contributed by atoms with Crippen molar-refractivity contribution in [2.45, 2.75) is 0 Å². The van der Waals surface area contributed by atoms with Crippen molar-refractivity contribution in [1.82, 2.24) is 9.97 Å². The third kappa shape index (κ3) is 5.82. The molecule has 61 heavy (non-hydrogen) atoms. The second-order valence-electron chi connectivity index (χ2n) is 15.6. The Hall–Kier alpha value is -8.14. The van der Waals surface area contributed by atoms with Gasteiger partial charge in [0, 0.05) is 27.6 Å². The van der Waals surface area contributed by atoms with E-state index >= 15 is 0 Å². The summed E-state index contributed by atoms with van der Waals surface area (Å²) in [5.41, 5.74) is 11.4. The SMILES string of the molecule is c1ccc(-c2nc(-c3ccccc3-c3cc4ccccc4o3)cc(-c3ccc(-c4c5ccccc5c(-c5ccccc5)c5c4ccc4ccccc45)c4ccccc34)n2)cc1. The highest BCUT2D eigenvalue weighted by Gasteiger charge is 2.22. The molecule has 0 N–H and O–H groups in total. The first-order chi connectivity index (χ1) is 30.3. The first kappa shape index (κ1) is 34.9. The molecule has 12 rings (SSSR count). The minimum Gasteiger partial charge on any atom is -0.456 e. The molecule has 12 aromatic rings. The maximum atomic E-state index is 6.43. The highest BCUT2D eigenvalue weighted by molar-refractivity contribution is 6.29. The Morgan fingerprint density at radius 2 is 0.852 bits per heavy atom. The zero-order valence-electron chi connectivity index (χ0n) is 33.1. The molecular formula is C58H36N2O. The molecule has 3 heteroatoms. The van der Waals surface area contributed by atoms with Crippen LogP contribution in [-0.2, 0) is 0 Å². The van der Waals surface area contributed by atoms with E-state index in [1.165, 1.54) is 54.6 Å². The van der Waals surface area contributed by atoms with E-state index in [0.717, 1.165) is 61.1 Å². The van der Waals surface area contributed by atoms with Gasteiger partial charge in [-0.05, 0) is 83.5 Å². The van der Waals surface area contributed by atoms with Crippen LogP contribution in [0, 0.1) is 0 Å². The van der Waals surface area contributed by atoms with E-state index < -0.39 is 0 Å². The van der Waals surface area contributed by atoms with Gasteiger partial charge < -0.3 is 4.42 Å². The van der Waals surface area contributed by atoms with Crippen LogP contribution in [0.25, 0.3) is 122 Å². The predicted octanol–water partition coefficient (Wildman–Crippen LogP) is 15.8. The molecule has 0 saturated carbocycles. The molecule has 2 aromatic heterocycles. The van der Waals surface area contributed by atoms with Crippen molar-refractivity contribution in [3.05, 3.63) is 218 Å². The smallest absolute Gasteiger partial charge is 0.160 e. The van der Waals surface area contributed by atoms with Gasteiger partial charge in [0.15, 0.2) is 5.82 Å². The van der Waals surface area contributed by atoms with Crippen LogP contribution >= 0.6 is 0 Å². The molecule has 0 aliphatic rings. The van der Waals surface area contributed by atoms with E-state index in [1.807, 2.05) is 36.4 Å². The zero-order chi connectivity index (χ0) is 40.3. The number of para-hydroxylation sites is 1. The Labute approximate surface area is 352 Å². The molecule has 0 bridgehead atoms. The largest absolute Gasteiger partial charge is 0.456 e. The van der Waals surface area contributed by atoms with Crippen molar-refractivity contribution in [2.24, 2.45) is 0 Å².